The summed E-state index contributed by atoms with van der Waals surface area (Å²) in [5, 5.41) is 2.82. The second kappa shape index (κ2) is 7.31. The lowest BCUT2D eigenvalue weighted by Crippen LogP contribution is -2.40. The first kappa shape index (κ1) is 17.4. The summed E-state index contributed by atoms with van der Waals surface area (Å²) >= 11 is 0. The summed E-state index contributed by atoms with van der Waals surface area (Å²) in [4.78, 5) is 43.4. The highest BCUT2D eigenvalue weighted by Gasteiger charge is 2.40. The van der Waals surface area contributed by atoms with Crippen molar-refractivity contribution >= 4 is 17.7 Å². The van der Waals surface area contributed by atoms with Crippen molar-refractivity contribution in [1.82, 2.24) is 15.2 Å². The molecule has 1 aromatic heterocycles. The molecule has 1 aliphatic carbocycles. The molecule has 2 heterocycles. The van der Waals surface area contributed by atoms with Gasteiger partial charge in [-0.05, 0) is 42.7 Å². The Bertz CT molecular complexity index is 889. The average Bonchev–Trinajstić information content (AvgIpc) is 2.97. The Morgan fingerprint density at radius 1 is 1.07 bits per heavy atom. The van der Waals surface area contributed by atoms with Gasteiger partial charge in [0.2, 0.25) is 0 Å². The highest BCUT2D eigenvalue weighted by molar-refractivity contribution is 6.22. The van der Waals surface area contributed by atoms with Crippen LogP contribution in [0.5, 0.6) is 0 Å². The zero-order chi connectivity index (χ0) is 18.8. The van der Waals surface area contributed by atoms with Crippen molar-refractivity contribution in [3.8, 4) is 0 Å². The summed E-state index contributed by atoms with van der Waals surface area (Å²) < 4.78 is 0. The molecule has 0 radical (unpaired) electrons. The first-order chi connectivity index (χ1) is 13.1. The maximum atomic E-state index is 12.8. The fourth-order valence-corrected chi connectivity index (χ4v) is 3.86. The van der Waals surface area contributed by atoms with Crippen molar-refractivity contribution < 1.29 is 14.4 Å². The van der Waals surface area contributed by atoms with Crippen LogP contribution in [-0.2, 0) is 6.54 Å². The van der Waals surface area contributed by atoms with Crippen LogP contribution in [0.15, 0.2) is 42.7 Å². The van der Waals surface area contributed by atoms with Crippen LogP contribution in [0.1, 0.15) is 68.7 Å². The van der Waals surface area contributed by atoms with Gasteiger partial charge in [-0.25, -0.2) is 0 Å². The molecule has 1 N–H and O–H groups in total. The number of fused-ring (bicyclic) bond motifs is 1. The molecular weight excluding hydrogens is 342 g/mol. The van der Waals surface area contributed by atoms with E-state index in [2.05, 4.69) is 10.3 Å². The Morgan fingerprint density at radius 2 is 1.85 bits per heavy atom. The molecule has 2 aromatic rings. The van der Waals surface area contributed by atoms with Crippen molar-refractivity contribution in [1.29, 1.82) is 0 Å². The molecule has 6 heteroatoms. The summed E-state index contributed by atoms with van der Waals surface area (Å²) in [7, 11) is 0. The van der Waals surface area contributed by atoms with E-state index in [1.54, 1.807) is 30.6 Å². The van der Waals surface area contributed by atoms with Gasteiger partial charge < -0.3 is 5.32 Å². The van der Waals surface area contributed by atoms with E-state index in [9.17, 15) is 14.4 Å². The molecule has 1 aromatic carbocycles. The monoisotopic (exact) mass is 363 g/mol. The van der Waals surface area contributed by atoms with Gasteiger partial charge in [0.1, 0.15) is 0 Å². The Labute approximate surface area is 157 Å². The van der Waals surface area contributed by atoms with Gasteiger partial charge in [-0.3, -0.25) is 24.3 Å². The van der Waals surface area contributed by atoms with E-state index in [0.29, 0.717) is 23.2 Å². The molecule has 4 rings (SSSR count). The van der Waals surface area contributed by atoms with E-state index in [4.69, 9.17) is 0 Å². The van der Waals surface area contributed by atoms with Gasteiger partial charge >= 0.3 is 0 Å². The molecule has 2 aliphatic rings. The van der Waals surface area contributed by atoms with Crippen LogP contribution in [0.4, 0.5) is 0 Å². The van der Waals surface area contributed by atoms with Gasteiger partial charge in [-0.2, -0.15) is 0 Å². The zero-order valence-corrected chi connectivity index (χ0v) is 15.0. The number of aromatic nitrogens is 1. The summed E-state index contributed by atoms with van der Waals surface area (Å²) in [5.41, 5.74) is 2.00. The van der Waals surface area contributed by atoms with Crippen molar-refractivity contribution in [2.45, 2.75) is 44.7 Å². The molecule has 1 aliphatic heterocycles. The topological polar surface area (TPSA) is 79.4 Å². The molecule has 1 saturated carbocycles. The Hall–Kier alpha value is -3.02. The zero-order valence-electron chi connectivity index (χ0n) is 15.0. The molecule has 27 heavy (non-hydrogen) atoms. The normalized spacial score (nSPS) is 17.1. The number of hydrogen-bond acceptors (Lipinski definition) is 4. The van der Waals surface area contributed by atoms with Gasteiger partial charge in [-0.1, -0.05) is 25.3 Å². The summed E-state index contributed by atoms with van der Waals surface area (Å²) in [6.45, 7) is 0.352. The van der Waals surface area contributed by atoms with Gasteiger partial charge in [0.15, 0.2) is 0 Å². The molecule has 0 spiro atoms. The quantitative estimate of drug-likeness (QED) is 0.847. The first-order valence-corrected chi connectivity index (χ1v) is 9.34. The van der Waals surface area contributed by atoms with E-state index in [-0.39, 0.29) is 23.8 Å². The fourth-order valence-electron chi connectivity index (χ4n) is 3.86. The van der Waals surface area contributed by atoms with E-state index in [0.717, 1.165) is 37.7 Å². The van der Waals surface area contributed by atoms with Crippen LogP contribution in [-0.4, -0.2) is 33.6 Å². The van der Waals surface area contributed by atoms with Crippen LogP contribution >= 0.6 is 0 Å². The summed E-state index contributed by atoms with van der Waals surface area (Å²) in [6.07, 6.45) is 8.33. The van der Waals surface area contributed by atoms with Crippen LogP contribution in [0.25, 0.3) is 0 Å². The maximum Gasteiger partial charge on any atom is 0.261 e. The number of benzene rings is 1. The lowest BCUT2D eigenvalue weighted by Gasteiger charge is -2.29. The Morgan fingerprint density at radius 3 is 2.59 bits per heavy atom. The van der Waals surface area contributed by atoms with Crippen LogP contribution in [0.2, 0.25) is 0 Å². The van der Waals surface area contributed by atoms with Crippen LogP contribution < -0.4 is 5.32 Å². The number of carbonyl (C=O) groups is 3. The second-order valence-electron chi connectivity index (χ2n) is 7.08. The number of rotatable bonds is 4. The van der Waals surface area contributed by atoms with Gasteiger partial charge in [0.25, 0.3) is 17.7 Å². The number of amides is 3. The maximum absolute atomic E-state index is 12.8. The minimum Gasteiger partial charge on any atom is -0.348 e. The lowest BCUT2D eigenvalue weighted by molar-refractivity contribution is 0.0549. The van der Waals surface area contributed by atoms with Gasteiger partial charge in [0.05, 0.1) is 11.1 Å². The molecule has 1 fully saturated rings. The van der Waals surface area contributed by atoms with Crippen molar-refractivity contribution in [2.75, 3.05) is 0 Å². The molecule has 0 bridgehead atoms. The van der Waals surface area contributed by atoms with Crippen molar-refractivity contribution in [2.24, 2.45) is 0 Å². The third-order valence-electron chi connectivity index (χ3n) is 5.30. The Kier molecular flexibility index (Phi) is 4.71. The molecule has 0 atom stereocenters. The molecule has 6 nitrogen and oxygen atoms in total. The predicted octanol–water partition coefficient (Wildman–Crippen LogP) is 2.94. The first-order valence-electron chi connectivity index (χ1n) is 9.34. The third-order valence-corrected chi connectivity index (χ3v) is 5.30. The van der Waals surface area contributed by atoms with E-state index < -0.39 is 0 Å². The summed E-state index contributed by atoms with van der Waals surface area (Å²) in [5.74, 6) is -0.786. The third kappa shape index (κ3) is 3.35. The molecule has 3 amide bonds. The number of hydrogen-bond donors (Lipinski definition) is 1. The Balaban J connectivity index is 1.51. The minimum atomic E-state index is -0.280. The molecule has 0 saturated heterocycles. The SMILES string of the molecule is O=C(NCc1cccnc1)c1ccc2c(c1)C(=O)N(C1CCCCC1)C2=O. The molecular formula is C21H21N3O3. The minimum absolute atomic E-state index is 0.0194. The van der Waals surface area contributed by atoms with E-state index >= 15 is 0 Å². The lowest BCUT2D eigenvalue weighted by atomic mass is 9.94. The van der Waals surface area contributed by atoms with Gasteiger partial charge in [-0.15, -0.1) is 0 Å². The highest BCUT2D eigenvalue weighted by Crippen LogP contribution is 2.31. The number of nitrogens with one attached hydrogen (secondary N) is 1. The smallest absolute Gasteiger partial charge is 0.261 e. The number of imide groups is 1. The number of pyridine rings is 1. The second-order valence-corrected chi connectivity index (χ2v) is 7.08. The molecule has 138 valence electrons. The highest BCUT2D eigenvalue weighted by atomic mass is 16.2. The number of nitrogens with zero attached hydrogens (tertiary/aromatic N) is 2. The van der Waals surface area contributed by atoms with Crippen molar-refractivity contribution in [3.63, 3.8) is 0 Å². The van der Waals surface area contributed by atoms with E-state index in [1.165, 1.54) is 11.0 Å². The molecule has 0 unspecified atom stereocenters. The van der Waals surface area contributed by atoms with Gasteiger partial charge in [0, 0.05) is 30.5 Å². The largest absolute Gasteiger partial charge is 0.348 e. The standard InChI is InChI=1S/C21H21N3O3/c25-19(23-13-14-5-4-10-22-12-14)15-8-9-17-18(11-15)21(27)24(20(17)26)16-6-2-1-3-7-16/h4-5,8-12,16H,1-3,6-7,13H2,(H,23,25). The van der Waals surface area contributed by atoms with E-state index in [1.807, 2.05) is 6.07 Å². The van der Waals surface area contributed by atoms with Crippen LogP contribution in [0, 0.1) is 0 Å². The fraction of sp³-hybridized carbons (Fsp3) is 0.333. The number of carbonyl (C=O) groups excluding carboxylic acids is 3. The predicted molar refractivity (Wildman–Crippen MR) is 99.2 cm³/mol. The van der Waals surface area contributed by atoms with Crippen molar-refractivity contribution in [3.05, 3.63) is 65.0 Å². The summed E-state index contributed by atoms with van der Waals surface area (Å²) in [6, 6.07) is 8.40. The van der Waals surface area contributed by atoms with Crippen LogP contribution in [0.3, 0.4) is 0 Å². The average molecular weight is 363 g/mol.